The van der Waals surface area contributed by atoms with Gasteiger partial charge in [0.15, 0.2) is 0 Å². The maximum Gasteiger partial charge on any atom is 0.410 e. The lowest BCUT2D eigenvalue weighted by molar-refractivity contribution is -0.160. The zero-order chi connectivity index (χ0) is 25.0. The van der Waals surface area contributed by atoms with Crippen molar-refractivity contribution in [1.82, 2.24) is 19.3 Å². The molecule has 1 amide bonds. The molecule has 1 N–H and O–H groups in total. The van der Waals surface area contributed by atoms with Crippen LogP contribution in [0, 0.1) is 0 Å². The Kier molecular flexibility index (Phi) is 5.45. The second-order valence-corrected chi connectivity index (χ2v) is 10.3. The third-order valence-electron chi connectivity index (χ3n) is 6.56. The Bertz CT molecular complexity index is 1260. The van der Waals surface area contributed by atoms with E-state index in [0.717, 1.165) is 6.42 Å². The molecule has 5 rings (SSSR count). The molecule has 10 heteroatoms. The first-order valence-corrected chi connectivity index (χ1v) is 11.7. The van der Waals surface area contributed by atoms with Crippen LogP contribution >= 0.6 is 0 Å². The number of pyridine rings is 2. The normalized spacial score (nSPS) is 19.7. The van der Waals surface area contributed by atoms with E-state index in [-0.39, 0.29) is 30.5 Å². The number of alkyl halides is 3. The van der Waals surface area contributed by atoms with E-state index in [4.69, 9.17) is 9.72 Å². The van der Waals surface area contributed by atoms with Gasteiger partial charge >= 0.3 is 12.3 Å². The van der Waals surface area contributed by atoms with E-state index in [1.165, 1.54) is 12.1 Å². The molecule has 0 spiro atoms. The predicted molar refractivity (Wildman–Crippen MR) is 125 cm³/mol. The van der Waals surface area contributed by atoms with Crippen molar-refractivity contribution in [3.63, 3.8) is 0 Å². The Hall–Kier alpha value is -3.30. The monoisotopic (exact) mass is 487 g/mol. The van der Waals surface area contributed by atoms with Gasteiger partial charge in [0.1, 0.15) is 17.1 Å². The maximum absolute atomic E-state index is 13.5. The molecule has 1 aliphatic heterocycles. The Balaban J connectivity index is 1.31. The van der Waals surface area contributed by atoms with Gasteiger partial charge in [0.05, 0.1) is 23.0 Å². The molecule has 0 bridgehead atoms. The van der Waals surface area contributed by atoms with Crippen LogP contribution in [0.25, 0.3) is 17.0 Å². The van der Waals surface area contributed by atoms with Crippen molar-refractivity contribution < 1.29 is 22.7 Å². The van der Waals surface area contributed by atoms with Crippen molar-refractivity contribution >= 4 is 17.6 Å². The van der Waals surface area contributed by atoms with Gasteiger partial charge in [0.25, 0.3) is 0 Å². The van der Waals surface area contributed by atoms with Gasteiger partial charge in [-0.3, -0.25) is 4.40 Å². The van der Waals surface area contributed by atoms with Crippen molar-refractivity contribution in [2.75, 3.05) is 18.4 Å². The van der Waals surface area contributed by atoms with E-state index in [1.807, 2.05) is 39.0 Å². The molecule has 1 aliphatic carbocycles. The van der Waals surface area contributed by atoms with Gasteiger partial charge in [-0.2, -0.15) is 13.2 Å². The molecule has 0 aromatic carbocycles. The van der Waals surface area contributed by atoms with Crippen LogP contribution in [0.4, 0.5) is 23.8 Å². The molecule has 2 aliphatic rings. The molecular weight excluding hydrogens is 459 g/mol. The summed E-state index contributed by atoms with van der Waals surface area (Å²) in [4.78, 5) is 23.1. The summed E-state index contributed by atoms with van der Waals surface area (Å²) < 4.78 is 47.8. The van der Waals surface area contributed by atoms with Crippen LogP contribution in [0.5, 0.6) is 0 Å². The Morgan fingerprint density at radius 3 is 2.66 bits per heavy atom. The predicted octanol–water partition coefficient (Wildman–Crippen LogP) is 5.41. The number of rotatable bonds is 4. The summed E-state index contributed by atoms with van der Waals surface area (Å²) in [5.74, 6) is 0.652. The molecule has 7 nitrogen and oxygen atoms in total. The standard InChI is InChI=1S/C25H28F3N5O2/c1-23(2,3)35-22(34)32-11-8-17(15-32)30-20-6-4-5-18(31-20)19-14-29-21-13-16(7-12-33(19)21)24(9-10-24)25(26,27)28/h4-7,12-14,17H,8-11,15H2,1-3H3,(H,30,31). The number of ether oxygens (including phenoxy) is 1. The minimum atomic E-state index is -4.26. The molecule has 2 fully saturated rings. The fourth-order valence-electron chi connectivity index (χ4n) is 4.57. The quantitative estimate of drug-likeness (QED) is 0.533. The number of carbonyl (C=O) groups excluding carboxylic acids is 1. The van der Waals surface area contributed by atoms with Crippen LogP contribution in [-0.2, 0) is 10.2 Å². The van der Waals surface area contributed by atoms with Gasteiger partial charge in [-0.1, -0.05) is 6.07 Å². The van der Waals surface area contributed by atoms with E-state index < -0.39 is 17.2 Å². The van der Waals surface area contributed by atoms with E-state index in [2.05, 4.69) is 10.3 Å². The number of aromatic nitrogens is 3. The minimum absolute atomic E-state index is 0.0344. The van der Waals surface area contributed by atoms with E-state index >= 15 is 0 Å². The molecule has 0 radical (unpaired) electrons. The van der Waals surface area contributed by atoms with Crippen molar-refractivity contribution in [3.05, 3.63) is 48.3 Å². The number of amides is 1. The van der Waals surface area contributed by atoms with Crippen LogP contribution in [-0.4, -0.2) is 56.3 Å². The second-order valence-electron chi connectivity index (χ2n) is 10.3. The number of carbonyl (C=O) groups is 1. The zero-order valence-electron chi connectivity index (χ0n) is 19.9. The SMILES string of the molecule is CC(C)(C)OC(=O)N1CCC(Nc2cccc(-c3cnc4cc(C5(C(F)(F)F)CC5)ccn34)n2)C1. The third kappa shape index (κ3) is 4.53. The summed E-state index contributed by atoms with van der Waals surface area (Å²) >= 11 is 0. The highest BCUT2D eigenvalue weighted by atomic mass is 19.4. The van der Waals surface area contributed by atoms with Crippen LogP contribution in [0.15, 0.2) is 42.7 Å². The fourth-order valence-corrected chi connectivity index (χ4v) is 4.57. The van der Waals surface area contributed by atoms with Gasteiger partial charge in [-0.25, -0.2) is 14.8 Å². The van der Waals surface area contributed by atoms with Gasteiger partial charge in [-0.05, 0) is 69.9 Å². The fraction of sp³-hybridized carbons (Fsp3) is 0.480. The number of nitrogens with zero attached hydrogens (tertiary/aromatic N) is 4. The largest absolute Gasteiger partial charge is 0.444 e. The number of hydrogen-bond donors (Lipinski definition) is 1. The molecule has 4 heterocycles. The minimum Gasteiger partial charge on any atom is -0.444 e. The van der Waals surface area contributed by atoms with Crippen molar-refractivity contribution in [3.8, 4) is 11.4 Å². The summed E-state index contributed by atoms with van der Waals surface area (Å²) in [5, 5.41) is 3.38. The number of fused-ring (bicyclic) bond motifs is 1. The highest BCUT2D eigenvalue weighted by Gasteiger charge is 2.64. The zero-order valence-corrected chi connectivity index (χ0v) is 19.9. The lowest BCUT2D eigenvalue weighted by atomic mass is 9.96. The summed E-state index contributed by atoms with van der Waals surface area (Å²) in [6.45, 7) is 6.63. The summed E-state index contributed by atoms with van der Waals surface area (Å²) in [5.41, 5.74) is -0.231. The number of hydrogen-bond acceptors (Lipinski definition) is 5. The van der Waals surface area contributed by atoms with E-state index in [9.17, 15) is 18.0 Å². The molecule has 3 aromatic rings. The first-order valence-electron chi connectivity index (χ1n) is 11.7. The van der Waals surface area contributed by atoms with Crippen LogP contribution < -0.4 is 5.32 Å². The van der Waals surface area contributed by atoms with Crippen LogP contribution in [0.1, 0.15) is 45.6 Å². The molecule has 1 saturated heterocycles. The Morgan fingerprint density at radius 1 is 1.20 bits per heavy atom. The van der Waals surface area contributed by atoms with Gasteiger partial charge in [0.2, 0.25) is 0 Å². The first kappa shape index (κ1) is 23.4. The smallest absolute Gasteiger partial charge is 0.410 e. The third-order valence-corrected chi connectivity index (χ3v) is 6.56. The lowest BCUT2D eigenvalue weighted by Crippen LogP contribution is -2.36. The molecule has 186 valence electrons. The second kappa shape index (κ2) is 8.13. The average molecular weight is 488 g/mol. The molecule has 3 aromatic heterocycles. The summed E-state index contributed by atoms with van der Waals surface area (Å²) in [6, 6.07) is 8.64. The number of nitrogens with one attached hydrogen (secondary N) is 1. The molecule has 35 heavy (non-hydrogen) atoms. The van der Waals surface area contributed by atoms with Gasteiger partial charge in [0, 0.05) is 25.3 Å². The van der Waals surface area contributed by atoms with E-state index in [1.54, 1.807) is 21.7 Å². The Labute approximate surface area is 201 Å². The van der Waals surface area contributed by atoms with Gasteiger partial charge in [-0.15, -0.1) is 0 Å². The number of imidazole rings is 1. The molecular formula is C25H28F3N5O2. The van der Waals surface area contributed by atoms with Crippen molar-refractivity contribution in [2.24, 2.45) is 0 Å². The lowest BCUT2D eigenvalue weighted by Gasteiger charge is -2.24. The van der Waals surface area contributed by atoms with Crippen molar-refractivity contribution in [2.45, 2.75) is 63.3 Å². The molecule has 1 atom stereocenters. The molecule has 1 unspecified atom stereocenters. The van der Waals surface area contributed by atoms with E-state index in [0.29, 0.717) is 35.9 Å². The summed E-state index contributed by atoms with van der Waals surface area (Å²) in [6.07, 6.45) is -0.336. The maximum atomic E-state index is 13.5. The molecule has 1 saturated carbocycles. The first-order chi connectivity index (χ1) is 16.5. The van der Waals surface area contributed by atoms with Crippen LogP contribution in [0.3, 0.4) is 0 Å². The highest BCUT2D eigenvalue weighted by molar-refractivity contribution is 5.69. The number of likely N-dealkylation sites (tertiary alicyclic amines) is 1. The topological polar surface area (TPSA) is 71.8 Å². The van der Waals surface area contributed by atoms with Crippen molar-refractivity contribution in [1.29, 1.82) is 0 Å². The van der Waals surface area contributed by atoms with Crippen LogP contribution in [0.2, 0.25) is 0 Å². The average Bonchev–Trinajstić information content (AvgIpc) is 3.30. The number of halogens is 3. The van der Waals surface area contributed by atoms with Gasteiger partial charge < -0.3 is 15.0 Å². The Morgan fingerprint density at radius 2 is 1.97 bits per heavy atom. The highest BCUT2D eigenvalue weighted by Crippen LogP contribution is 2.58. The summed E-state index contributed by atoms with van der Waals surface area (Å²) in [7, 11) is 0. The number of anilines is 1.